The van der Waals surface area contributed by atoms with Crippen molar-refractivity contribution in [2.75, 3.05) is 27.4 Å². The molecule has 0 saturated heterocycles. The van der Waals surface area contributed by atoms with Gasteiger partial charge in [0.05, 0.1) is 33.1 Å². The molecule has 0 unspecified atom stereocenters. The van der Waals surface area contributed by atoms with Crippen molar-refractivity contribution in [3.8, 4) is 11.5 Å². The molecule has 0 heterocycles. The van der Waals surface area contributed by atoms with E-state index in [0.717, 1.165) is 35.5 Å². The van der Waals surface area contributed by atoms with Gasteiger partial charge in [-0.3, -0.25) is 14.6 Å². The fourth-order valence-corrected chi connectivity index (χ4v) is 2.95. The maximum absolute atomic E-state index is 12.0. The molecule has 0 atom stereocenters. The van der Waals surface area contributed by atoms with Crippen molar-refractivity contribution < 1.29 is 28.5 Å². The number of hydrogen-bond acceptors (Lipinski definition) is 7. The van der Waals surface area contributed by atoms with Crippen LogP contribution in [0.15, 0.2) is 47.5 Å². The van der Waals surface area contributed by atoms with Crippen LogP contribution < -0.4 is 9.47 Å². The predicted octanol–water partition coefficient (Wildman–Crippen LogP) is 3.93. The van der Waals surface area contributed by atoms with E-state index in [4.69, 9.17) is 18.9 Å². The van der Waals surface area contributed by atoms with Gasteiger partial charge in [-0.1, -0.05) is 12.1 Å². The van der Waals surface area contributed by atoms with Crippen LogP contribution in [0.1, 0.15) is 25.0 Å². The van der Waals surface area contributed by atoms with Crippen LogP contribution in [-0.4, -0.2) is 45.6 Å². The SMILES string of the molecule is CCOC(=O)C(C=Nc1ccc(CCc2cc(OC)ccc2OC)cc1)C(=O)OCC. The molecule has 2 aromatic rings. The van der Waals surface area contributed by atoms with Gasteiger partial charge in [-0.15, -0.1) is 0 Å². The largest absolute Gasteiger partial charge is 0.497 e. The number of aryl methyl sites for hydroxylation is 2. The van der Waals surface area contributed by atoms with Gasteiger partial charge in [0.2, 0.25) is 0 Å². The third kappa shape index (κ3) is 7.13. The van der Waals surface area contributed by atoms with Crippen LogP contribution in [0.25, 0.3) is 0 Å². The van der Waals surface area contributed by atoms with Crippen LogP contribution >= 0.6 is 0 Å². The molecule has 2 rings (SSSR count). The van der Waals surface area contributed by atoms with Crippen LogP contribution in [0.2, 0.25) is 0 Å². The molecule has 0 radical (unpaired) electrons. The molecule has 0 aliphatic carbocycles. The van der Waals surface area contributed by atoms with Crippen molar-refractivity contribution in [2.24, 2.45) is 10.9 Å². The first-order valence-electron chi connectivity index (χ1n) is 10.2. The number of esters is 2. The van der Waals surface area contributed by atoms with Crippen molar-refractivity contribution in [3.63, 3.8) is 0 Å². The Morgan fingerprint density at radius 3 is 2.10 bits per heavy atom. The van der Waals surface area contributed by atoms with Crippen LogP contribution in [-0.2, 0) is 31.9 Å². The van der Waals surface area contributed by atoms with E-state index in [0.29, 0.717) is 5.69 Å². The minimum Gasteiger partial charge on any atom is -0.497 e. The normalized spacial score (nSPS) is 10.9. The molecule has 7 nitrogen and oxygen atoms in total. The molecule has 0 saturated carbocycles. The Balaban J connectivity index is 2.05. The molecule has 166 valence electrons. The summed E-state index contributed by atoms with van der Waals surface area (Å²) in [4.78, 5) is 28.3. The topological polar surface area (TPSA) is 83.4 Å². The van der Waals surface area contributed by atoms with E-state index >= 15 is 0 Å². The Morgan fingerprint density at radius 1 is 0.903 bits per heavy atom. The van der Waals surface area contributed by atoms with Gasteiger partial charge in [0.15, 0.2) is 5.92 Å². The van der Waals surface area contributed by atoms with Crippen LogP contribution in [0.3, 0.4) is 0 Å². The van der Waals surface area contributed by atoms with Crippen molar-refractivity contribution in [1.29, 1.82) is 0 Å². The zero-order valence-corrected chi connectivity index (χ0v) is 18.4. The van der Waals surface area contributed by atoms with Crippen molar-refractivity contribution in [2.45, 2.75) is 26.7 Å². The standard InChI is InChI=1S/C24H29NO6/c1-5-30-23(26)21(24(27)31-6-2)16-25-19-11-8-17(9-12-19)7-10-18-15-20(28-3)13-14-22(18)29-4/h8-9,11-16,21H,5-7,10H2,1-4H3. The van der Waals surface area contributed by atoms with Crippen molar-refractivity contribution in [3.05, 3.63) is 53.6 Å². The highest BCUT2D eigenvalue weighted by Gasteiger charge is 2.27. The van der Waals surface area contributed by atoms with E-state index in [9.17, 15) is 9.59 Å². The summed E-state index contributed by atoms with van der Waals surface area (Å²) < 4.78 is 20.6. The fraction of sp³-hybridized carbons (Fsp3) is 0.375. The third-order valence-electron chi connectivity index (χ3n) is 4.56. The van der Waals surface area contributed by atoms with E-state index in [1.165, 1.54) is 6.21 Å². The molecule has 0 aliphatic rings. The average molecular weight is 427 g/mol. The highest BCUT2D eigenvalue weighted by molar-refractivity contribution is 6.09. The summed E-state index contributed by atoms with van der Waals surface area (Å²) >= 11 is 0. The first-order chi connectivity index (χ1) is 15.0. The van der Waals surface area contributed by atoms with E-state index in [2.05, 4.69) is 4.99 Å². The third-order valence-corrected chi connectivity index (χ3v) is 4.56. The van der Waals surface area contributed by atoms with Gasteiger partial charge in [0, 0.05) is 6.21 Å². The fourth-order valence-electron chi connectivity index (χ4n) is 2.95. The maximum Gasteiger partial charge on any atom is 0.325 e. The molecule has 0 fully saturated rings. The Labute approximate surface area is 183 Å². The molecule has 0 spiro atoms. The van der Waals surface area contributed by atoms with Gasteiger partial charge in [-0.2, -0.15) is 0 Å². The monoisotopic (exact) mass is 427 g/mol. The van der Waals surface area contributed by atoms with Gasteiger partial charge < -0.3 is 18.9 Å². The van der Waals surface area contributed by atoms with Crippen LogP contribution in [0.5, 0.6) is 11.5 Å². The number of methoxy groups -OCH3 is 2. The Bertz CT molecular complexity index is 873. The predicted molar refractivity (Wildman–Crippen MR) is 118 cm³/mol. The number of hydrogen-bond donors (Lipinski definition) is 0. The van der Waals surface area contributed by atoms with E-state index in [-0.39, 0.29) is 13.2 Å². The lowest BCUT2D eigenvalue weighted by molar-refractivity contribution is -0.157. The Morgan fingerprint density at radius 2 is 1.55 bits per heavy atom. The highest BCUT2D eigenvalue weighted by Crippen LogP contribution is 2.25. The molecule has 31 heavy (non-hydrogen) atoms. The van der Waals surface area contributed by atoms with Crippen LogP contribution in [0, 0.1) is 5.92 Å². The molecule has 0 amide bonds. The van der Waals surface area contributed by atoms with E-state index < -0.39 is 17.9 Å². The molecule has 7 heteroatoms. The van der Waals surface area contributed by atoms with Gasteiger partial charge >= 0.3 is 11.9 Å². The number of aliphatic imine (C=N–C) groups is 1. The van der Waals surface area contributed by atoms with Gasteiger partial charge in [-0.25, -0.2) is 0 Å². The minimum atomic E-state index is -1.18. The summed E-state index contributed by atoms with van der Waals surface area (Å²) in [6.07, 6.45) is 2.87. The lowest BCUT2D eigenvalue weighted by Crippen LogP contribution is -2.29. The summed E-state index contributed by atoms with van der Waals surface area (Å²) in [7, 11) is 3.29. The summed E-state index contributed by atoms with van der Waals surface area (Å²) in [5.74, 6) is -0.911. The molecule has 0 N–H and O–H groups in total. The minimum absolute atomic E-state index is 0.176. The van der Waals surface area contributed by atoms with E-state index in [1.807, 2.05) is 42.5 Å². The first kappa shape index (κ1) is 23.9. The van der Waals surface area contributed by atoms with E-state index in [1.54, 1.807) is 28.1 Å². The van der Waals surface area contributed by atoms with Gasteiger partial charge in [0.25, 0.3) is 0 Å². The van der Waals surface area contributed by atoms with Crippen LogP contribution in [0.4, 0.5) is 5.69 Å². The maximum atomic E-state index is 12.0. The number of nitrogens with zero attached hydrogens (tertiary/aromatic N) is 1. The molecule has 0 aliphatic heterocycles. The molecular formula is C24H29NO6. The lowest BCUT2D eigenvalue weighted by atomic mass is 10.0. The zero-order chi connectivity index (χ0) is 22.6. The summed E-state index contributed by atoms with van der Waals surface area (Å²) in [6.45, 7) is 3.71. The zero-order valence-electron chi connectivity index (χ0n) is 18.4. The summed E-state index contributed by atoms with van der Waals surface area (Å²) in [5, 5.41) is 0. The Hall–Kier alpha value is -3.35. The number of carbonyl (C=O) groups excluding carboxylic acids is 2. The van der Waals surface area contributed by atoms with Crippen molar-refractivity contribution >= 4 is 23.8 Å². The first-order valence-corrected chi connectivity index (χ1v) is 10.2. The molecule has 2 aromatic carbocycles. The van der Waals surface area contributed by atoms with Crippen molar-refractivity contribution in [1.82, 2.24) is 0 Å². The second-order valence-corrected chi connectivity index (χ2v) is 6.60. The smallest absolute Gasteiger partial charge is 0.325 e. The van der Waals surface area contributed by atoms with Gasteiger partial charge in [-0.05, 0) is 68.1 Å². The average Bonchev–Trinajstić information content (AvgIpc) is 2.78. The number of carbonyl (C=O) groups is 2. The lowest BCUT2D eigenvalue weighted by Gasteiger charge is -2.11. The summed E-state index contributed by atoms with van der Waals surface area (Å²) in [6, 6.07) is 13.3. The quantitative estimate of drug-likeness (QED) is 0.307. The number of ether oxygens (including phenoxy) is 4. The second-order valence-electron chi connectivity index (χ2n) is 6.60. The summed E-state index contributed by atoms with van der Waals surface area (Å²) in [5.41, 5.74) is 2.81. The molecule has 0 bridgehead atoms. The molecular weight excluding hydrogens is 398 g/mol. The van der Waals surface area contributed by atoms with Gasteiger partial charge in [0.1, 0.15) is 11.5 Å². The number of rotatable bonds is 11. The highest BCUT2D eigenvalue weighted by atomic mass is 16.6. The second kappa shape index (κ2) is 12.4. The molecule has 0 aromatic heterocycles. The Kier molecular flexibility index (Phi) is 9.55. The number of benzene rings is 2.